The third-order valence-electron chi connectivity index (χ3n) is 8.00. The Hall–Kier alpha value is -4.33. The van der Waals surface area contributed by atoms with E-state index in [9.17, 15) is 19.2 Å². The number of anilines is 1. The van der Waals surface area contributed by atoms with E-state index in [4.69, 9.17) is 15.2 Å². The molecule has 0 spiro atoms. The normalized spacial score (nSPS) is 15.2. The minimum Gasteiger partial charge on any atom is -0.399 e. The molecule has 1 aliphatic rings. The monoisotopic (exact) mass is 678 g/mol. The molecule has 3 aromatic rings. The lowest BCUT2D eigenvalue weighted by Gasteiger charge is -2.35. The number of likely N-dealkylation sites (tertiary alicyclic amines) is 1. The van der Waals surface area contributed by atoms with E-state index in [-0.39, 0.29) is 44.1 Å². The van der Waals surface area contributed by atoms with E-state index in [0.717, 1.165) is 21.7 Å². The Balaban J connectivity index is 1.18. The van der Waals surface area contributed by atoms with E-state index in [1.807, 2.05) is 57.5 Å². The average Bonchev–Trinajstić information content (AvgIpc) is 3.73. The zero-order chi connectivity index (χ0) is 34.7. The average molecular weight is 679 g/mol. The molecule has 13 heteroatoms. The lowest BCUT2D eigenvalue weighted by molar-refractivity contribution is -0.144. The van der Waals surface area contributed by atoms with Crippen molar-refractivity contribution in [3.63, 3.8) is 0 Å². The van der Waals surface area contributed by atoms with Gasteiger partial charge in [-0.25, -0.2) is 4.98 Å². The second-order valence-corrected chi connectivity index (χ2v) is 13.6. The summed E-state index contributed by atoms with van der Waals surface area (Å²) in [7, 11) is 0. The van der Waals surface area contributed by atoms with Gasteiger partial charge in [0.1, 0.15) is 18.7 Å². The minimum absolute atomic E-state index is 0.162. The van der Waals surface area contributed by atoms with Crippen molar-refractivity contribution in [2.45, 2.75) is 59.2 Å². The number of nitrogens with zero attached hydrogens (tertiary/aromatic N) is 2. The molecule has 0 radical (unpaired) electrons. The number of aromatic nitrogens is 1. The molecule has 0 saturated carbocycles. The summed E-state index contributed by atoms with van der Waals surface area (Å²) < 4.78 is 10.9. The van der Waals surface area contributed by atoms with E-state index >= 15 is 0 Å². The third-order valence-corrected chi connectivity index (χ3v) is 8.97. The number of carbonyl (C=O) groups excluding carboxylic acids is 4. The van der Waals surface area contributed by atoms with Crippen molar-refractivity contribution in [2.75, 3.05) is 45.3 Å². The number of hydrogen-bond acceptors (Lipinski definition) is 9. The zero-order valence-electron chi connectivity index (χ0n) is 28.0. The number of nitrogens with one attached hydrogen (secondary N) is 3. The fourth-order valence-electron chi connectivity index (χ4n) is 5.34. The van der Waals surface area contributed by atoms with E-state index < -0.39 is 23.4 Å². The molecule has 0 aliphatic carbocycles. The number of nitrogen functional groups attached to an aromatic ring is 1. The second-order valence-electron chi connectivity index (χ2n) is 12.8. The molecular weight excluding hydrogens is 632 g/mol. The molecule has 2 aromatic carbocycles. The van der Waals surface area contributed by atoms with Crippen molar-refractivity contribution in [3.05, 3.63) is 70.9 Å². The summed E-state index contributed by atoms with van der Waals surface area (Å²) >= 11 is 1.59. The lowest BCUT2D eigenvalue weighted by Crippen LogP contribution is -2.58. The first-order chi connectivity index (χ1) is 22.9. The van der Waals surface area contributed by atoms with E-state index in [1.54, 1.807) is 40.5 Å². The van der Waals surface area contributed by atoms with Crippen LogP contribution in [0.4, 0.5) is 5.69 Å². The highest BCUT2D eigenvalue weighted by Gasteiger charge is 2.41. The first-order valence-corrected chi connectivity index (χ1v) is 17.0. The van der Waals surface area contributed by atoms with Crippen LogP contribution < -0.4 is 21.7 Å². The minimum atomic E-state index is -0.842. The Morgan fingerprint density at radius 3 is 2.38 bits per heavy atom. The van der Waals surface area contributed by atoms with Crippen LogP contribution >= 0.6 is 11.3 Å². The van der Waals surface area contributed by atoms with Crippen molar-refractivity contribution < 1.29 is 28.7 Å². The Kier molecular flexibility index (Phi) is 13.1. The Morgan fingerprint density at radius 1 is 1.00 bits per heavy atom. The Morgan fingerprint density at radius 2 is 1.71 bits per heavy atom. The predicted molar refractivity (Wildman–Crippen MR) is 185 cm³/mol. The van der Waals surface area contributed by atoms with Gasteiger partial charge in [0.15, 0.2) is 0 Å². The lowest BCUT2D eigenvalue weighted by atomic mass is 9.85. The first kappa shape index (κ1) is 36.5. The molecule has 48 heavy (non-hydrogen) atoms. The van der Waals surface area contributed by atoms with Crippen LogP contribution in [0.3, 0.4) is 0 Å². The van der Waals surface area contributed by atoms with Crippen LogP contribution in [0.5, 0.6) is 0 Å². The van der Waals surface area contributed by atoms with Gasteiger partial charge in [0.25, 0.3) is 5.91 Å². The van der Waals surface area contributed by atoms with Crippen molar-refractivity contribution in [3.8, 4) is 10.4 Å². The molecule has 1 saturated heterocycles. The smallest absolute Gasteiger partial charge is 0.251 e. The molecule has 5 N–H and O–H groups in total. The molecule has 0 bridgehead atoms. The van der Waals surface area contributed by atoms with Gasteiger partial charge in [-0.2, -0.15) is 0 Å². The maximum absolute atomic E-state index is 13.8. The summed E-state index contributed by atoms with van der Waals surface area (Å²) in [5.74, 6) is -1.16. The van der Waals surface area contributed by atoms with Crippen molar-refractivity contribution >= 4 is 40.7 Å². The number of ether oxygens (including phenoxy) is 2. The fraction of sp³-hybridized carbons (Fsp3) is 0.457. The van der Waals surface area contributed by atoms with Crippen molar-refractivity contribution in [1.29, 1.82) is 0 Å². The van der Waals surface area contributed by atoms with Gasteiger partial charge in [-0.15, -0.1) is 11.3 Å². The van der Waals surface area contributed by atoms with Gasteiger partial charge >= 0.3 is 0 Å². The quantitative estimate of drug-likeness (QED) is 0.141. The summed E-state index contributed by atoms with van der Waals surface area (Å²) in [5, 5.41) is 8.58. The standard InChI is InChI=1S/C35H46N6O6S/c1-23-30(48-22-39-23)25-9-7-24(8-10-25)20-38-33(44)28-6-5-16-41(28)34(45)31(35(2,3)4)40-29(42)21-47-19-18-46-17-15-37-32(43)26-11-13-27(36)14-12-26/h7-14,22,28,31H,5-6,15-21,36H2,1-4H3,(H,37,43)(H,38,44)(H,40,42)/t28-,31+/m0/s1. The number of rotatable bonds is 15. The summed E-state index contributed by atoms with van der Waals surface area (Å²) in [5.41, 5.74) is 11.0. The summed E-state index contributed by atoms with van der Waals surface area (Å²) in [4.78, 5) is 58.9. The predicted octanol–water partition coefficient (Wildman–Crippen LogP) is 3.30. The number of benzene rings is 2. The summed E-state index contributed by atoms with van der Waals surface area (Å²) in [6.45, 7) is 9.13. The molecule has 0 unspecified atom stereocenters. The van der Waals surface area contributed by atoms with Crippen LogP contribution in [0, 0.1) is 12.3 Å². The van der Waals surface area contributed by atoms with Gasteiger partial charge in [0.05, 0.1) is 35.9 Å². The third kappa shape index (κ3) is 10.3. The number of nitrogens with two attached hydrogens (primary N) is 1. The number of amides is 4. The van der Waals surface area contributed by atoms with Gasteiger partial charge in [-0.3, -0.25) is 19.2 Å². The molecule has 12 nitrogen and oxygen atoms in total. The highest BCUT2D eigenvalue weighted by atomic mass is 32.1. The summed E-state index contributed by atoms with van der Waals surface area (Å²) in [6, 6.07) is 13.2. The van der Waals surface area contributed by atoms with Crippen LogP contribution in [0.15, 0.2) is 54.0 Å². The van der Waals surface area contributed by atoms with Crippen molar-refractivity contribution in [1.82, 2.24) is 25.8 Å². The van der Waals surface area contributed by atoms with Crippen molar-refractivity contribution in [2.24, 2.45) is 5.41 Å². The van der Waals surface area contributed by atoms with E-state index in [2.05, 4.69) is 20.9 Å². The SMILES string of the molecule is Cc1ncsc1-c1ccc(CNC(=O)[C@@H]2CCCN2C(=O)[C@@H](NC(=O)COCCOCCNC(=O)c2ccc(N)cc2)C(C)(C)C)cc1. The summed E-state index contributed by atoms with van der Waals surface area (Å²) in [6.07, 6.45) is 1.26. The molecule has 4 amide bonds. The molecule has 2 atom stereocenters. The molecule has 258 valence electrons. The molecule has 4 rings (SSSR count). The topological polar surface area (TPSA) is 165 Å². The van der Waals surface area contributed by atoms with Crippen LogP contribution in [0.1, 0.15) is 55.2 Å². The molecular formula is C35H46N6O6S. The Bertz CT molecular complexity index is 1540. The second kappa shape index (κ2) is 17.2. The molecule has 1 fully saturated rings. The highest BCUT2D eigenvalue weighted by Crippen LogP contribution is 2.28. The Labute approximate surface area is 285 Å². The zero-order valence-corrected chi connectivity index (χ0v) is 28.9. The molecule has 1 aromatic heterocycles. The van der Waals surface area contributed by atoms with Gasteiger partial charge in [0, 0.05) is 30.9 Å². The van der Waals surface area contributed by atoms with E-state index in [0.29, 0.717) is 43.7 Å². The molecule has 1 aliphatic heterocycles. The number of carbonyl (C=O) groups is 4. The molecule has 2 heterocycles. The van der Waals surface area contributed by atoms with Crippen LogP contribution in [0.25, 0.3) is 10.4 Å². The van der Waals surface area contributed by atoms with Gasteiger partial charge in [-0.05, 0) is 60.6 Å². The van der Waals surface area contributed by atoms with Crippen LogP contribution in [0.2, 0.25) is 0 Å². The first-order valence-electron chi connectivity index (χ1n) is 16.1. The maximum Gasteiger partial charge on any atom is 0.251 e. The van der Waals surface area contributed by atoms with Crippen LogP contribution in [-0.4, -0.2) is 85.1 Å². The number of thiazole rings is 1. The maximum atomic E-state index is 13.8. The fourth-order valence-corrected chi connectivity index (χ4v) is 6.15. The van der Waals surface area contributed by atoms with Gasteiger partial charge in [-0.1, -0.05) is 45.0 Å². The largest absolute Gasteiger partial charge is 0.399 e. The number of aryl methyl sites for hydroxylation is 1. The number of hydrogen-bond donors (Lipinski definition) is 4. The van der Waals surface area contributed by atoms with Gasteiger partial charge < -0.3 is 36.1 Å². The van der Waals surface area contributed by atoms with Crippen LogP contribution in [-0.2, 0) is 30.4 Å². The van der Waals surface area contributed by atoms with E-state index in [1.165, 1.54) is 0 Å². The van der Waals surface area contributed by atoms with Gasteiger partial charge in [0.2, 0.25) is 17.7 Å². The highest BCUT2D eigenvalue weighted by molar-refractivity contribution is 7.13.